The number of nitrogens with zero attached hydrogens (tertiary/aromatic N) is 1. The molecule has 28 heavy (non-hydrogen) atoms. The normalized spacial score (nSPS) is 12.6. The molecule has 146 valence electrons. The second-order valence-electron chi connectivity index (χ2n) is 6.06. The largest absolute Gasteiger partial charge is 0.496 e. The Morgan fingerprint density at radius 2 is 2.04 bits per heavy atom. The van der Waals surface area contributed by atoms with Gasteiger partial charge in [0.15, 0.2) is 0 Å². The number of rotatable bonds is 6. The molecule has 3 rings (SSSR count). The molecule has 0 fully saturated rings. The van der Waals surface area contributed by atoms with Gasteiger partial charge in [0.1, 0.15) is 10.8 Å². The molecule has 1 N–H and O–H groups in total. The SMILES string of the molecule is COc1cc(C(F)(F)F)ccc1-c1cccc(C(CC(=O)O)c2nccs2)c1. The van der Waals surface area contributed by atoms with Crippen molar-refractivity contribution in [2.45, 2.75) is 18.5 Å². The number of aliphatic carboxylic acids is 1. The zero-order valence-corrected chi connectivity index (χ0v) is 15.6. The summed E-state index contributed by atoms with van der Waals surface area (Å²) in [6, 6.07) is 10.3. The number of methoxy groups -OCH3 is 1. The summed E-state index contributed by atoms with van der Waals surface area (Å²) < 4.78 is 44.1. The first-order valence-electron chi connectivity index (χ1n) is 8.26. The lowest BCUT2D eigenvalue weighted by Crippen LogP contribution is -2.08. The Kier molecular flexibility index (Phi) is 5.69. The first kappa shape index (κ1) is 19.9. The highest BCUT2D eigenvalue weighted by atomic mass is 32.1. The highest BCUT2D eigenvalue weighted by molar-refractivity contribution is 7.09. The summed E-state index contributed by atoms with van der Waals surface area (Å²) in [4.78, 5) is 15.5. The van der Waals surface area contributed by atoms with Crippen LogP contribution in [0.3, 0.4) is 0 Å². The van der Waals surface area contributed by atoms with E-state index in [-0.39, 0.29) is 12.2 Å². The number of carboxylic acids is 1. The van der Waals surface area contributed by atoms with Crippen molar-refractivity contribution in [3.05, 3.63) is 70.2 Å². The van der Waals surface area contributed by atoms with Crippen LogP contribution in [0.25, 0.3) is 11.1 Å². The van der Waals surface area contributed by atoms with Crippen LogP contribution in [0.15, 0.2) is 54.0 Å². The molecule has 3 aromatic rings. The second kappa shape index (κ2) is 8.02. The highest BCUT2D eigenvalue weighted by Gasteiger charge is 2.31. The summed E-state index contributed by atoms with van der Waals surface area (Å²) in [6.45, 7) is 0. The van der Waals surface area contributed by atoms with E-state index in [1.807, 2.05) is 0 Å². The third-order valence-electron chi connectivity index (χ3n) is 4.26. The predicted molar refractivity (Wildman–Crippen MR) is 99.6 cm³/mol. The van der Waals surface area contributed by atoms with Crippen LogP contribution < -0.4 is 4.74 Å². The molecule has 0 saturated heterocycles. The van der Waals surface area contributed by atoms with Crippen molar-refractivity contribution in [2.24, 2.45) is 0 Å². The minimum absolute atomic E-state index is 0.0935. The molecule has 0 spiro atoms. The summed E-state index contributed by atoms with van der Waals surface area (Å²) in [5.74, 6) is -1.31. The Morgan fingerprint density at radius 3 is 2.64 bits per heavy atom. The fourth-order valence-electron chi connectivity index (χ4n) is 2.96. The van der Waals surface area contributed by atoms with Crippen LogP contribution >= 0.6 is 11.3 Å². The molecule has 0 aliphatic carbocycles. The van der Waals surface area contributed by atoms with Gasteiger partial charge in [-0.05, 0) is 23.3 Å². The van der Waals surface area contributed by atoms with Crippen molar-refractivity contribution in [1.29, 1.82) is 0 Å². The molecule has 1 aromatic heterocycles. The average Bonchev–Trinajstić information content (AvgIpc) is 3.19. The summed E-state index contributed by atoms with van der Waals surface area (Å²) in [6.07, 6.45) is -3.00. The number of benzene rings is 2. The number of carbonyl (C=O) groups is 1. The maximum Gasteiger partial charge on any atom is 0.416 e. The number of aromatic nitrogens is 1. The van der Waals surface area contributed by atoms with Gasteiger partial charge in [-0.15, -0.1) is 11.3 Å². The minimum atomic E-state index is -4.47. The van der Waals surface area contributed by atoms with Crippen molar-refractivity contribution in [2.75, 3.05) is 7.11 Å². The first-order chi connectivity index (χ1) is 13.3. The summed E-state index contributed by atoms with van der Waals surface area (Å²) in [5, 5.41) is 11.7. The smallest absolute Gasteiger partial charge is 0.416 e. The van der Waals surface area contributed by atoms with Crippen molar-refractivity contribution in [1.82, 2.24) is 4.98 Å². The lowest BCUT2D eigenvalue weighted by Gasteiger charge is -2.16. The number of halogens is 3. The van der Waals surface area contributed by atoms with Gasteiger partial charge in [0, 0.05) is 23.1 Å². The van der Waals surface area contributed by atoms with Crippen LogP contribution in [0.1, 0.15) is 28.5 Å². The van der Waals surface area contributed by atoms with Gasteiger partial charge in [0.2, 0.25) is 0 Å². The van der Waals surface area contributed by atoms with Gasteiger partial charge in [0.05, 0.1) is 19.1 Å². The van der Waals surface area contributed by atoms with E-state index in [1.165, 1.54) is 24.5 Å². The fourth-order valence-corrected chi connectivity index (χ4v) is 3.72. The van der Waals surface area contributed by atoms with Gasteiger partial charge in [-0.25, -0.2) is 4.98 Å². The minimum Gasteiger partial charge on any atom is -0.496 e. The maximum atomic E-state index is 13.0. The average molecular weight is 407 g/mol. The second-order valence-corrected chi connectivity index (χ2v) is 6.99. The number of alkyl halides is 3. The van der Waals surface area contributed by atoms with Crippen LogP contribution in [0.5, 0.6) is 5.75 Å². The van der Waals surface area contributed by atoms with E-state index in [9.17, 15) is 23.1 Å². The van der Waals surface area contributed by atoms with Gasteiger partial charge in [-0.1, -0.05) is 30.3 Å². The number of carboxylic acid groups (broad SMARTS) is 1. The van der Waals surface area contributed by atoms with Crippen molar-refractivity contribution in [3.63, 3.8) is 0 Å². The van der Waals surface area contributed by atoms with Crippen LogP contribution in [0.2, 0.25) is 0 Å². The molecule has 0 aliphatic heterocycles. The zero-order chi connectivity index (χ0) is 20.3. The van der Waals surface area contributed by atoms with Crippen molar-refractivity contribution >= 4 is 17.3 Å². The Balaban J connectivity index is 2.04. The molecule has 2 aromatic carbocycles. The number of thiazole rings is 1. The fraction of sp³-hybridized carbons (Fsp3) is 0.200. The van der Waals surface area contributed by atoms with E-state index in [4.69, 9.17) is 4.74 Å². The Labute approximate surface area is 163 Å². The lowest BCUT2D eigenvalue weighted by molar-refractivity contribution is -0.138. The molecule has 0 radical (unpaired) electrons. The molecule has 8 heteroatoms. The molecule has 4 nitrogen and oxygen atoms in total. The van der Waals surface area contributed by atoms with Gasteiger partial charge in [0.25, 0.3) is 0 Å². The number of hydrogen-bond donors (Lipinski definition) is 1. The highest BCUT2D eigenvalue weighted by Crippen LogP contribution is 2.38. The van der Waals surface area contributed by atoms with Gasteiger partial charge in [-0.2, -0.15) is 13.2 Å². The van der Waals surface area contributed by atoms with Gasteiger partial charge >= 0.3 is 12.1 Å². The molecular formula is C20H16F3NO3S. The van der Waals surface area contributed by atoms with Crippen LogP contribution in [0, 0.1) is 0 Å². The molecular weight excluding hydrogens is 391 g/mol. The van der Waals surface area contributed by atoms with Crippen LogP contribution in [-0.2, 0) is 11.0 Å². The van der Waals surface area contributed by atoms with Gasteiger partial charge in [-0.3, -0.25) is 4.79 Å². The summed E-state index contributed by atoms with van der Waals surface area (Å²) >= 11 is 1.36. The quantitative estimate of drug-likeness (QED) is 0.591. The lowest BCUT2D eigenvalue weighted by atomic mass is 9.92. The molecule has 0 aliphatic rings. The summed E-state index contributed by atoms with van der Waals surface area (Å²) in [5.41, 5.74) is 1.05. The van der Waals surface area contributed by atoms with E-state index >= 15 is 0 Å². The van der Waals surface area contributed by atoms with Gasteiger partial charge < -0.3 is 9.84 Å². The Morgan fingerprint density at radius 1 is 1.25 bits per heavy atom. The molecule has 0 amide bonds. The topological polar surface area (TPSA) is 59.4 Å². The van der Waals surface area contributed by atoms with Crippen LogP contribution in [-0.4, -0.2) is 23.2 Å². The summed E-state index contributed by atoms with van der Waals surface area (Å²) in [7, 11) is 1.31. The molecule has 1 heterocycles. The Hall–Kier alpha value is -2.87. The van der Waals surface area contributed by atoms with Crippen molar-refractivity contribution < 1.29 is 27.8 Å². The van der Waals surface area contributed by atoms with E-state index in [0.717, 1.165) is 17.7 Å². The third-order valence-corrected chi connectivity index (χ3v) is 5.15. The zero-order valence-electron chi connectivity index (χ0n) is 14.7. The predicted octanol–water partition coefficient (Wildman–Crippen LogP) is 5.44. The van der Waals surface area contributed by atoms with E-state index in [1.54, 1.807) is 35.8 Å². The molecule has 0 bridgehead atoms. The van der Waals surface area contributed by atoms with E-state index in [0.29, 0.717) is 16.1 Å². The maximum absolute atomic E-state index is 13.0. The van der Waals surface area contributed by atoms with E-state index in [2.05, 4.69) is 4.98 Å². The number of ether oxygens (including phenoxy) is 1. The molecule has 0 saturated carbocycles. The molecule has 1 unspecified atom stereocenters. The Bertz CT molecular complexity index is 971. The standard InChI is InChI=1S/C20H16F3NO3S/c1-27-17-10-14(20(21,22)23)5-6-15(17)12-3-2-4-13(9-12)16(11-18(25)26)19-24-7-8-28-19/h2-10,16H,11H2,1H3,(H,25,26). The monoisotopic (exact) mass is 407 g/mol. The molecule has 1 atom stereocenters. The van der Waals surface area contributed by atoms with Crippen molar-refractivity contribution in [3.8, 4) is 16.9 Å². The van der Waals surface area contributed by atoms with Crippen LogP contribution in [0.4, 0.5) is 13.2 Å². The third kappa shape index (κ3) is 4.33. The number of hydrogen-bond acceptors (Lipinski definition) is 4. The first-order valence-corrected chi connectivity index (χ1v) is 9.14. The van der Waals surface area contributed by atoms with E-state index < -0.39 is 23.6 Å².